The number of Topliss-reactive ketones (excluding diaryl/α,β-unsaturated/α-hetero) is 1. The van der Waals surface area contributed by atoms with Crippen molar-refractivity contribution in [3.8, 4) is 5.75 Å². The van der Waals surface area contributed by atoms with Gasteiger partial charge in [0.1, 0.15) is 0 Å². The maximum Gasteiger partial charge on any atom is 0.331 e. The Kier molecular flexibility index (Phi) is 5.65. The van der Waals surface area contributed by atoms with Crippen LogP contribution in [0.5, 0.6) is 5.75 Å². The first-order valence-corrected chi connectivity index (χ1v) is 7.59. The van der Waals surface area contributed by atoms with Crippen molar-refractivity contribution in [2.45, 2.75) is 6.92 Å². The van der Waals surface area contributed by atoms with Gasteiger partial charge in [-0.25, -0.2) is 9.18 Å². The number of ether oxygens (including phenoxy) is 2. The summed E-state index contributed by atoms with van der Waals surface area (Å²) >= 11 is 1.35. The molecule has 0 saturated heterocycles. The molecule has 6 heteroatoms. The smallest absolute Gasteiger partial charge is 0.331 e. The third-order valence-electron chi connectivity index (χ3n) is 2.95. The van der Waals surface area contributed by atoms with Gasteiger partial charge < -0.3 is 9.47 Å². The molecule has 0 saturated carbocycles. The van der Waals surface area contributed by atoms with E-state index in [2.05, 4.69) is 0 Å². The fraction of sp³-hybridized carbons (Fsp3) is 0.176. The van der Waals surface area contributed by atoms with Gasteiger partial charge in [-0.3, -0.25) is 4.79 Å². The van der Waals surface area contributed by atoms with Crippen LogP contribution in [0.3, 0.4) is 0 Å². The summed E-state index contributed by atoms with van der Waals surface area (Å²) in [4.78, 5) is 25.0. The highest BCUT2D eigenvalue weighted by Gasteiger charge is 2.10. The summed E-state index contributed by atoms with van der Waals surface area (Å²) in [6, 6.07) is 7.83. The number of aryl methyl sites for hydroxylation is 1. The molecule has 0 aliphatic carbocycles. The average molecular weight is 334 g/mol. The zero-order valence-electron chi connectivity index (χ0n) is 12.7. The van der Waals surface area contributed by atoms with E-state index in [4.69, 9.17) is 9.47 Å². The molecule has 4 nitrogen and oxygen atoms in total. The van der Waals surface area contributed by atoms with Gasteiger partial charge >= 0.3 is 5.97 Å². The van der Waals surface area contributed by atoms with Crippen molar-refractivity contribution < 1.29 is 23.5 Å². The summed E-state index contributed by atoms with van der Waals surface area (Å²) in [6.45, 7) is 1.57. The molecule has 2 aromatic rings. The van der Waals surface area contributed by atoms with Crippen molar-refractivity contribution in [3.05, 3.63) is 57.5 Å². The number of carbonyl (C=O) groups is 2. The van der Waals surface area contributed by atoms with Crippen molar-refractivity contribution in [2.24, 2.45) is 0 Å². The van der Waals surface area contributed by atoms with Crippen LogP contribution in [-0.2, 0) is 9.53 Å². The lowest BCUT2D eigenvalue weighted by molar-refractivity contribution is -0.136. The summed E-state index contributed by atoms with van der Waals surface area (Å²) in [7, 11) is 1.37. The first-order valence-electron chi connectivity index (χ1n) is 6.77. The number of hydrogen-bond acceptors (Lipinski definition) is 5. The number of rotatable bonds is 6. The van der Waals surface area contributed by atoms with Crippen LogP contribution < -0.4 is 4.74 Å². The maximum absolute atomic E-state index is 13.5. The first kappa shape index (κ1) is 16.9. The first-order chi connectivity index (χ1) is 11.0. The molecule has 0 bridgehead atoms. The Balaban J connectivity index is 1.89. The van der Waals surface area contributed by atoms with Crippen LogP contribution in [0.1, 0.15) is 20.1 Å². The molecular weight excluding hydrogens is 319 g/mol. The van der Waals surface area contributed by atoms with Crippen LogP contribution in [-0.4, -0.2) is 25.5 Å². The number of halogens is 1. The SMILES string of the molecule is COc1ccc(/C=C/C(=O)OCC(=O)c2ccc(C)s2)cc1F. The third kappa shape index (κ3) is 4.75. The number of esters is 1. The molecule has 0 radical (unpaired) electrons. The lowest BCUT2D eigenvalue weighted by atomic mass is 10.2. The van der Waals surface area contributed by atoms with E-state index < -0.39 is 11.8 Å². The number of methoxy groups -OCH3 is 1. The van der Waals surface area contributed by atoms with Crippen molar-refractivity contribution in [2.75, 3.05) is 13.7 Å². The normalized spacial score (nSPS) is 10.7. The predicted octanol–water partition coefficient (Wildman–Crippen LogP) is 3.64. The summed E-state index contributed by atoms with van der Waals surface area (Å²) < 4.78 is 23.2. The fourth-order valence-electron chi connectivity index (χ4n) is 1.79. The van der Waals surface area contributed by atoms with Crippen LogP contribution in [0.15, 0.2) is 36.4 Å². The molecule has 0 atom stereocenters. The van der Waals surface area contributed by atoms with E-state index in [0.717, 1.165) is 11.0 Å². The molecule has 0 aliphatic rings. The molecule has 0 aliphatic heterocycles. The molecule has 1 heterocycles. The van der Waals surface area contributed by atoms with Gasteiger partial charge in [0.2, 0.25) is 5.78 Å². The van der Waals surface area contributed by atoms with Crippen LogP contribution in [0.4, 0.5) is 4.39 Å². The van der Waals surface area contributed by atoms with Crippen molar-refractivity contribution >= 4 is 29.2 Å². The molecule has 2 rings (SSSR count). The van der Waals surface area contributed by atoms with Crippen LogP contribution in [0.2, 0.25) is 0 Å². The maximum atomic E-state index is 13.5. The molecule has 0 spiro atoms. The molecule has 1 aromatic heterocycles. The Morgan fingerprint density at radius 2 is 2.04 bits per heavy atom. The molecule has 0 unspecified atom stereocenters. The minimum atomic E-state index is -0.664. The zero-order valence-corrected chi connectivity index (χ0v) is 13.5. The third-order valence-corrected chi connectivity index (χ3v) is 3.99. The van der Waals surface area contributed by atoms with E-state index in [1.165, 1.54) is 36.7 Å². The minimum absolute atomic E-state index is 0.126. The molecule has 23 heavy (non-hydrogen) atoms. The standard InChI is InChI=1S/C17H15FO4S/c1-11-3-7-16(23-11)14(19)10-22-17(20)8-5-12-4-6-15(21-2)13(18)9-12/h3-9H,10H2,1-2H3/b8-5+. The Labute approximate surface area is 137 Å². The van der Waals surface area contributed by atoms with E-state index in [9.17, 15) is 14.0 Å². The van der Waals surface area contributed by atoms with Gasteiger partial charge in [-0.2, -0.15) is 0 Å². The van der Waals surface area contributed by atoms with Crippen LogP contribution in [0.25, 0.3) is 6.08 Å². The van der Waals surface area contributed by atoms with Crippen LogP contribution >= 0.6 is 11.3 Å². The Morgan fingerprint density at radius 3 is 2.65 bits per heavy atom. The topological polar surface area (TPSA) is 52.6 Å². The van der Waals surface area contributed by atoms with Gasteiger partial charge in [0, 0.05) is 11.0 Å². The summed E-state index contributed by atoms with van der Waals surface area (Å²) in [5.41, 5.74) is 0.487. The van der Waals surface area contributed by atoms with Gasteiger partial charge in [0.15, 0.2) is 18.2 Å². The van der Waals surface area contributed by atoms with Crippen molar-refractivity contribution in [1.29, 1.82) is 0 Å². The second-order valence-corrected chi connectivity index (χ2v) is 5.96. The molecule has 0 N–H and O–H groups in total. The Hall–Kier alpha value is -2.47. The molecule has 0 amide bonds. The van der Waals surface area contributed by atoms with E-state index >= 15 is 0 Å². The molecular formula is C17H15FO4S. The highest BCUT2D eigenvalue weighted by molar-refractivity contribution is 7.14. The summed E-state index contributed by atoms with van der Waals surface area (Å²) in [5.74, 6) is -1.31. The van der Waals surface area contributed by atoms with Crippen LogP contribution in [0, 0.1) is 12.7 Å². The molecule has 1 aromatic carbocycles. The minimum Gasteiger partial charge on any atom is -0.494 e. The van der Waals surface area contributed by atoms with E-state index in [1.807, 2.05) is 13.0 Å². The van der Waals surface area contributed by atoms with E-state index in [0.29, 0.717) is 10.4 Å². The summed E-state index contributed by atoms with van der Waals surface area (Å²) in [5, 5.41) is 0. The molecule has 120 valence electrons. The quantitative estimate of drug-likeness (QED) is 0.460. The highest BCUT2D eigenvalue weighted by atomic mass is 32.1. The van der Waals surface area contributed by atoms with Crippen molar-refractivity contribution in [3.63, 3.8) is 0 Å². The predicted molar refractivity (Wildman–Crippen MR) is 86.3 cm³/mol. The second kappa shape index (κ2) is 7.69. The van der Waals surface area contributed by atoms with E-state index in [-0.39, 0.29) is 18.1 Å². The zero-order chi connectivity index (χ0) is 16.8. The Bertz CT molecular complexity index is 749. The van der Waals surface area contributed by atoms with E-state index in [1.54, 1.807) is 12.1 Å². The Morgan fingerprint density at radius 1 is 1.26 bits per heavy atom. The van der Waals surface area contributed by atoms with Crippen molar-refractivity contribution in [1.82, 2.24) is 0 Å². The van der Waals surface area contributed by atoms with Gasteiger partial charge in [-0.15, -0.1) is 11.3 Å². The number of hydrogen-bond donors (Lipinski definition) is 0. The van der Waals surface area contributed by atoms with Gasteiger partial charge in [-0.05, 0) is 42.8 Å². The largest absolute Gasteiger partial charge is 0.494 e. The van der Waals surface area contributed by atoms with Gasteiger partial charge in [-0.1, -0.05) is 6.07 Å². The number of thiophene rings is 1. The molecule has 0 fully saturated rings. The summed E-state index contributed by atoms with van der Waals surface area (Å²) in [6.07, 6.45) is 2.55. The number of benzene rings is 1. The average Bonchev–Trinajstić information content (AvgIpc) is 2.97. The lowest BCUT2D eigenvalue weighted by Gasteiger charge is -2.02. The number of ketones is 1. The lowest BCUT2D eigenvalue weighted by Crippen LogP contribution is -2.11. The van der Waals surface area contributed by atoms with Gasteiger partial charge in [0.25, 0.3) is 0 Å². The number of carbonyl (C=O) groups excluding carboxylic acids is 2. The van der Waals surface area contributed by atoms with Gasteiger partial charge in [0.05, 0.1) is 12.0 Å². The highest BCUT2D eigenvalue weighted by Crippen LogP contribution is 2.18. The monoisotopic (exact) mass is 334 g/mol. The second-order valence-electron chi connectivity index (χ2n) is 4.67. The fourth-order valence-corrected chi connectivity index (χ4v) is 2.58.